The molecule has 1 aromatic carbocycles. The quantitative estimate of drug-likeness (QED) is 0.627. The Balaban J connectivity index is 2.42. The predicted molar refractivity (Wildman–Crippen MR) is 78.4 cm³/mol. The van der Waals surface area contributed by atoms with Crippen LogP contribution in [0.15, 0.2) is 18.2 Å². The van der Waals surface area contributed by atoms with Crippen molar-refractivity contribution in [3.8, 4) is 0 Å². The molecule has 0 bridgehead atoms. The van der Waals surface area contributed by atoms with Crippen LogP contribution in [0.4, 0.5) is 8.78 Å². The second-order valence-corrected chi connectivity index (χ2v) is 4.84. The van der Waals surface area contributed by atoms with Crippen molar-refractivity contribution in [2.45, 2.75) is 19.8 Å². The summed E-state index contributed by atoms with van der Waals surface area (Å²) >= 11 is 0. The molecule has 0 saturated heterocycles. The summed E-state index contributed by atoms with van der Waals surface area (Å²) in [6.45, 7) is 4.26. The van der Waals surface area contributed by atoms with Gasteiger partial charge in [-0.25, -0.2) is 8.78 Å². The molecule has 0 heterocycles. The van der Waals surface area contributed by atoms with Gasteiger partial charge in [0.25, 0.3) is 0 Å². The van der Waals surface area contributed by atoms with Crippen molar-refractivity contribution >= 4 is 12.6 Å². The van der Waals surface area contributed by atoms with Gasteiger partial charge in [0.05, 0.1) is 6.61 Å². The van der Waals surface area contributed by atoms with Crippen molar-refractivity contribution in [2.24, 2.45) is 0 Å². The first kappa shape index (κ1) is 18.0. The molecule has 0 spiro atoms. The van der Waals surface area contributed by atoms with Gasteiger partial charge >= 0.3 is 7.12 Å². The largest absolute Gasteiger partial charge is 0.491 e. The average molecular weight is 301 g/mol. The molecule has 0 atom stereocenters. The maximum Gasteiger partial charge on any atom is 0.491 e. The number of halogens is 2. The molecule has 0 fully saturated rings. The van der Waals surface area contributed by atoms with E-state index in [-0.39, 0.29) is 18.7 Å². The maximum absolute atomic E-state index is 13.0. The fraction of sp³-hybridized carbons (Fsp3) is 0.571. The summed E-state index contributed by atoms with van der Waals surface area (Å²) in [5, 5.41) is 18.7. The van der Waals surface area contributed by atoms with E-state index in [0.717, 1.165) is 37.6 Å². The molecule has 7 heteroatoms. The first-order valence-electron chi connectivity index (χ1n) is 7.15. The van der Waals surface area contributed by atoms with E-state index in [1.807, 2.05) is 4.90 Å². The van der Waals surface area contributed by atoms with E-state index in [9.17, 15) is 13.8 Å². The number of hydrogen-bond donors (Lipinski definition) is 2. The Kier molecular flexibility index (Phi) is 8.45. The predicted octanol–water partition coefficient (Wildman–Crippen LogP) is 0.763. The fourth-order valence-corrected chi connectivity index (χ4v) is 1.97. The minimum atomic E-state index is -1.36. The number of benzene rings is 1. The third-order valence-electron chi connectivity index (χ3n) is 3.10. The second kappa shape index (κ2) is 9.84. The third kappa shape index (κ3) is 6.99. The lowest BCUT2D eigenvalue weighted by Crippen LogP contribution is -2.38. The maximum atomic E-state index is 13.0. The fourth-order valence-electron chi connectivity index (χ4n) is 1.97. The Hall–Kier alpha value is -1.02. The van der Waals surface area contributed by atoms with Gasteiger partial charge in [0, 0.05) is 25.8 Å². The van der Waals surface area contributed by atoms with Gasteiger partial charge in [0.15, 0.2) is 0 Å². The topological polar surface area (TPSA) is 52.9 Å². The highest BCUT2D eigenvalue weighted by Gasteiger charge is 2.18. The molecule has 0 aromatic heterocycles. The molecule has 0 saturated carbocycles. The SMILES string of the molecule is CCCCN(CCO)CCOB(O)c1cc(F)cc(F)c1. The van der Waals surface area contributed by atoms with Crippen molar-refractivity contribution in [2.75, 3.05) is 32.8 Å². The van der Waals surface area contributed by atoms with Gasteiger partial charge in [-0.3, -0.25) is 4.90 Å². The van der Waals surface area contributed by atoms with Crippen LogP contribution in [0.5, 0.6) is 0 Å². The van der Waals surface area contributed by atoms with Gasteiger partial charge in [-0.2, -0.15) is 0 Å². The lowest BCUT2D eigenvalue weighted by molar-refractivity contribution is 0.159. The molecule has 1 aromatic rings. The Morgan fingerprint density at radius 3 is 2.38 bits per heavy atom. The summed E-state index contributed by atoms with van der Waals surface area (Å²) in [4.78, 5) is 2.02. The summed E-state index contributed by atoms with van der Waals surface area (Å²) in [6, 6.07) is 2.82. The van der Waals surface area contributed by atoms with Crippen LogP contribution in [0, 0.1) is 11.6 Å². The molecular weight excluding hydrogens is 279 g/mol. The molecular formula is C14H22BF2NO3. The summed E-state index contributed by atoms with van der Waals surface area (Å²) in [5.74, 6) is -1.50. The Bertz CT molecular complexity index is 403. The Morgan fingerprint density at radius 1 is 1.14 bits per heavy atom. The van der Waals surface area contributed by atoms with E-state index in [1.54, 1.807) is 0 Å². The van der Waals surface area contributed by atoms with Crippen LogP contribution in [0.3, 0.4) is 0 Å². The molecule has 1 rings (SSSR count). The molecule has 2 N–H and O–H groups in total. The van der Waals surface area contributed by atoms with Gasteiger partial charge < -0.3 is 14.8 Å². The minimum absolute atomic E-state index is 0.0507. The molecule has 0 amide bonds. The van der Waals surface area contributed by atoms with E-state index >= 15 is 0 Å². The molecule has 0 radical (unpaired) electrons. The lowest BCUT2D eigenvalue weighted by atomic mass is 9.79. The van der Waals surface area contributed by atoms with Crippen LogP contribution in [0.2, 0.25) is 0 Å². The summed E-state index contributed by atoms with van der Waals surface area (Å²) in [7, 11) is -1.36. The van der Waals surface area contributed by atoms with Crippen molar-refractivity contribution in [3.63, 3.8) is 0 Å². The first-order valence-corrected chi connectivity index (χ1v) is 7.15. The van der Waals surface area contributed by atoms with Crippen LogP contribution in [-0.2, 0) is 4.65 Å². The van der Waals surface area contributed by atoms with Gasteiger partial charge in [-0.15, -0.1) is 0 Å². The van der Waals surface area contributed by atoms with Crippen molar-refractivity contribution < 1.29 is 23.6 Å². The monoisotopic (exact) mass is 301 g/mol. The second-order valence-electron chi connectivity index (χ2n) is 4.84. The van der Waals surface area contributed by atoms with Crippen LogP contribution >= 0.6 is 0 Å². The standard InChI is InChI=1S/C14H22BF2NO3/c1-2-3-4-18(5-7-19)6-8-21-15(20)12-9-13(16)11-14(17)10-12/h9-11,19-20H,2-8H2,1H3. The van der Waals surface area contributed by atoms with E-state index in [2.05, 4.69) is 6.92 Å². The molecule has 4 nitrogen and oxygen atoms in total. The number of rotatable bonds is 10. The average Bonchev–Trinajstić information content (AvgIpc) is 2.43. The van der Waals surface area contributed by atoms with Crippen molar-refractivity contribution in [1.29, 1.82) is 0 Å². The highest BCUT2D eigenvalue weighted by atomic mass is 19.1. The molecule has 0 aliphatic heterocycles. The van der Waals surface area contributed by atoms with Gasteiger partial charge in [-0.05, 0) is 30.6 Å². The zero-order chi connectivity index (χ0) is 15.7. The summed E-state index contributed by atoms with van der Waals surface area (Å²) in [6.07, 6.45) is 2.06. The van der Waals surface area contributed by atoms with Gasteiger partial charge in [-0.1, -0.05) is 13.3 Å². The smallest absolute Gasteiger partial charge is 0.423 e. The van der Waals surface area contributed by atoms with Crippen LogP contribution in [-0.4, -0.2) is 55.0 Å². The Labute approximate surface area is 124 Å². The number of aliphatic hydroxyl groups is 1. The highest BCUT2D eigenvalue weighted by Crippen LogP contribution is 2.01. The third-order valence-corrected chi connectivity index (χ3v) is 3.10. The number of unbranched alkanes of at least 4 members (excludes halogenated alkanes) is 1. The Morgan fingerprint density at radius 2 is 1.81 bits per heavy atom. The minimum Gasteiger partial charge on any atom is -0.423 e. The van der Waals surface area contributed by atoms with E-state index in [4.69, 9.17) is 9.76 Å². The molecule has 0 unspecified atom stereocenters. The zero-order valence-electron chi connectivity index (χ0n) is 12.3. The van der Waals surface area contributed by atoms with E-state index in [1.165, 1.54) is 0 Å². The van der Waals surface area contributed by atoms with Crippen molar-refractivity contribution in [3.05, 3.63) is 29.8 Å². The van der Waals surface area contributed by atoms with Crippen LogP contribution < -0.4 is 5.46 Å². The lowest BCUT2D eigenvalue weighted by Gasteiger charge is -2.21. The van der Waals surface area contributed by atoms with E-state index < -0.39 is 18.8 Å². The normalized spacial score (nSPS) is 11.1. The molecule has 0 aliphatic rings. The summed E-state index contributed by atoms with van der Waals surface area (Å²) in [5.41, 5.74) is 0.0507. The molecule has 21 heavy (non-hydrogen) atoms. The summed E-state index contributed by atoms with van der Waals surface area (Å²) < 4.78 is 31.3. The highest BCUT2D eigenvalue weighted by molar-refractivity contribution is 6.59. The number of nitrogens with zero attached hydrogens (tertiary/aromatic N) is 1. The van der Waals surface area contributed by atoms with Crippen LogP contribution in [0.1, 0.15) is 19.8 Å². The van der Waals surface area contributed by atoms with Gasteiger partial charge in [0.2, 0.25) is 0 Å². The molecule has 118 valence electrons. The number of hydrogen-bond acceptors (Lipinski definition) is 4. The van der Waals surface area contributed by atoms with Gasteiger partial charge in [0.1, 0.15) is 11.6 Å². The zero-order valence-corrected chi connectivity index (χ0v) is 12.3. The van der Waals surface area contributed by atoms with E-state index in [0.29, 0.717) is 13.1 Å². The first-order chi connectivity index (χ1) is 10.1. The van der Waals surface area contributed by atoms with Crippen molar-refractivity contribution in [1.82, 2.24) is 4.90 Å². The molecule has 0 aliphatic carbocycles. The van der Waals surface area contributed by atoms with Crippen LogP contribution in [0.25, 0.3) is 0 Å². The number of aliphatic hydroxyl groups excluding tert-OH is 1.